The Hall–Kier alpha value is -3.61. The lowest BCUT2D eigenvalue weighted by Gasteiger charge is -2.31. The zero-order valence-electron chi connectivity index (χ0n) is 15.5. The van der Waals surface area contributed by atoms with E-state index in [1.807, 2.05) is 36.4 Å². The Bertz CT molecular complexity index is 1060. The molecule has 1 aliphatic heterocycles. The molecular formula is C22H19N3O4. The van der Waals surface area contributed by atoms with E-state index < -0.39 is 18.1 Å². The van der Waals surface area contributed by atoms with E-state index in [1.54, 1.807) is 0 Å². The topological polar surface area (TPSA) is 95.5 Å². The van der Waals surface area contributed by atoms with Crippen LogP contribution in [0.5, 0.6) is 0 Å². The van der Waals surface area contributed by atoms with Gasteiger partial charge in [0, 0.05) is 12.3 Å². The standard InChI is InChI=1S/C22H19N3O4/c26-21(27)20-9-18-19(24-12-23-18)10-25(20)22(28)29-11-17-15-7-3-1-5-13(15)14-6-2-4-8-16(14)17/h1-8,12,17,20H,9-11H2,(H,23,24)(H,26,27)/t20-/m0/s1. The monoisotopic (exact) mass is 389 g/mol. The number of amides is 1. The summed E-state index contributed by atoms with van der Waals surface area (Å²) in [6.07, 6.45) is 1.06. The van der Waals surface area contributed by atoms with E-state index in [2.05, 4.69) is 22.1 Å². The average Bonchev–Trinajstić information content (AvgIpc) is 3.33. The van der Waals surface area contributed by atoms with Crippen molar-refractivity contribution >= 4 is 12.1 Å². The van der Waals surface area contributed by atoms with Crippen LogP contribution >= 0.6 is 0 Å². The summed E-state index contributed by atoms with van der Waals surface area (Å²) < 4.78 is 5.64. The van der Waals surface area contributed by atoms with Crippen LogP contribution in [0.15, 0.2) is 54.9 Å². The summed E-state index contributed by atoms with van der Waals surface area (Å²) in [7, 11) is 0. The molecule has 3 aromatic rings. The van der Waals surface area contributed by atoms with E-state index in [0.717, 1.165) is 27.9 Å². The number of fused-ring (bicyclic) bond motifs is 4. The Morgan fingerprint density at radius 2 is 1.76 bits per heavy atom. The molecule has 0 saturated heterocycles. The zero-order chi connectivity index (χ0) is 20.0. The van der Waals surface area contributed by atoms with E-state index in [9.17, 15) is 14.7 Å². The highest BCUT2D eigenvalue weighted by Gasteiger charge is 2.38. The molecule has 29 heavy (non-hydrogen) atoms. The SMILES string of the molecule is O=C(O)[C@@H]1Cc2nc[nH]c2CN1C(=O)OCC1c2ccccc2-c2ccccc21. The van der Waals surface area contributed by atoms with Crippen LogP contribution in [0, 0.1) is 0 Å². The Morgan fingerprint density at radius 1 is 1.10 bits per heavy atom. The number of nitrogens with one attached hydrogen (secondary N) is 1. The number of ether oxygens (including phenoxy) is 1. The molecule has 0 radical (unpaired) electrons. The molecule has 146 valence electrons. The molecule has 1 aromatic heterocycles. The molecule has 7 nitrogen and oxygen atoms in total. The van der Waals surface area contributed by atoms with Gasteiger partial charge in [0.15, 0.2) is 0 Å². The predicted octanol–water partition coefficient (Wildman–Crippen LogP) is 3.17. The van der Waals surface area contributed by atoms with Crippen molar-refractivity contribution in [3.8, 4) is 11.1 Å². The van der Waals surface area contributed by atoms with Crippen molar-refractivity contribution < 1.29 is 19.4 Å². The van der Waals surface area contributed by atoms with Gasteiger partial charge in [-0.25, -0.2) is 14.6 Å². The molecule has 2 N–H and O–H groups in total. The van der Waals surface area contributed by atoms with Crippen LogP contribution in [0.2, 0.25) is 0 Å². The van der Waals surface area contributed by atoms with Crippen LogP contribution in [0.4, 0.5) is 4.79 Å². The summed E-state index contributed by atoms with van der Waals surface area (Å²) in [5.41, 5.74) is 5.95. The fraction of sp³-hybridized carbons (Fsp3) is 0.227. The van der Waals surface area contributed by atoms with Gasteiger partial charge >= 0.3 is 12.1 Å². The number of carboxylic acid groups (broad SMARTS) is 1. The van der Waals surface area contributed by atoms with Gasteiger partial charge in [0.1, 0.15) is 12.6 Å². The maximum Gasteiger partial charge on any atom is 0.410 e. The molecule has 0 fully saturated rings. The van der Waals surface area contributed by atoms with Crippen molar-refractivity contribution in [2.45, 2.75) is 24.9 Å². The van der Waals surface area contributed by atoms with Crippen molar-refractivity contribution in [2.75, 3.05) is 6.61 Å². The number of carbonyl (C=O) groups excluding carboxylic acids is 1. The van der Waals surface area contributed by atoms with E-state index in [4.69, 9.17) is 4.74 Å². The van der Waals surface area contributed by atoms with Gasteiger partial charge < -0.3 is 14.8 Å². The molecule has 0 unspecified atom stereocenters. The Labute approximate surface area is 167 Å². The van der Waals surface area contributed by atoms with Crippen LogP contribution in [0.25, 0.3) is 11.1 Å². The number of hydrogen-bond acceptors (Lipinski definition) is 4. The number of rotatable bonds is 3. The first-order valence-corrected chi connectivity index (χ1v) is 9.49. The smallest absolute Gasteiger partial charge is 0.410 e. The lowest BCUT2D eigenvalue weighted by atomic mass is 9.98. The molecule has 7 heteroatoms. The summed E-state index contributed by atoms with van der Waals surface area (Å²) in [5, 5.41) is 9.57. The number of H-pyrrole nitrogens is 1. The van der Waals surface area contributed by atoms with Crippen LogP contribution in [-0.2, 0) is 22.5 Å². The van der Waals surface area contributed by atoms with Crippen molar-refractivity contribution in [1.82, 2.24) is 14.9 Å². The molecule has 2 aromatic carbocycles. The molecule has 1 atom stereocenters. The normalized spacial score (nSPS) is 17.4. The number of carboxylic acids is 1. The number of nitrogens with zero attached hydrogens (tertiary/aromatic N) is 2. The second-order valence-corrected chi connectivity index (χ2v) is 7.32. The third-order valence-electron chi connectivity index (χ3n) is 5.75. The summed E-state index contributed by atoms with van der Waals surface area (Å²) in [4.78, 5) is 32.9. The van der Waals surface area contributed by atoms with Gasteiger partial charge in [-0.3, -0.25) is 4.90 Å². The second kappa shape index (κ2) is 6.77. The van der Waals surface area contributed by atoms with E-state index in [-0.39, 0.29) is 25.5 Å². The number of aliphatic carboxylic acids is 1. The third kappa shape index (κ3) is 2.86. The Morgan fingerprint density at radius 3 is 2.41 bits per heavy atom. The van der Waals surface area contributed by atoms with Crippen LogP contribution in [0.1, 0.15) is 28.4 Å². The second-order valence-electron chi connectivity index (χ2n) is 7.32. The fourth-order valence-corrected chi connectivity index (χ4v) is 4.33. The van der Waals surface area contributed by atoms with Crippen molar-refractivity contribution in [2.24, 2.45) is 0 Å². The zero-order valence-corrected chi connectivity index (χ0v) is 15.5. The van der Waals surface area contributed by atoms with Gasteiger partial charge in [-0.2, -0.15) is 0 Å². The lowest BCUT2D eigenvalue weighted by molar-refractivity contribution is -0.143. The van der Waals surface area contributed by atoms with E-state index >= 15 is 0 Å². The molecule has 0 bridgehead atoms. The molecule has 1 amide bonds. The molecule has 2 aliphatic rings. The largest absolute Gasteiger partial charge is 0.480 e. The molecule has 0 saturated carbocycles. The van der Waals surface area contributed by atoms with E-state index in [0.29, 0.717) is 5.69 Å². The Balaban J connectivity index is 1.38. The minimum Gasteiger partial charge on any atom is -0.480 e. The molecular weight excluding hydrogens is 370 g/mol. The number of benzene rings is 2. The molecule has 2 heterocycles. The highest BCUT2D eigenvalue weighted by molar-refractivity contribution is 5.81. The summed E-state index contributed by atoms with van der Waals surface area (Å²) >= 11 is 0. The average molecular weight is 389 g/mol. The van der Waals surface area contributed by atoms with Gasteiger partial charge in [0.2, 0.25) is 0 Å². The first-order valence-electron chi connectivity index (χ1n) is 9.49. The maximum absolute atomic E-state index is 12.8. The first-order chi connectivity index (χ1) is 14.1. The van der Waals surface area contributed by atoms with Crippen molar-refractivity contribution in [3.05, 3.63) is 77.4 Å². The predicted molar refractivity (Wildman–Crippen MR) is 104 cm³/mol. The van der Waals surface area contributed by atoms with Gasteiger partial charge in [0.25, 0.3) is 0 Å². The number of imidazole rings is 1. The number of aromatic amines is 1. The van der Waals surface area contributed by atoms with Gasteiger partial charge in [-0.1, -0.05) is 48.5 Å². The molecule has 5 rings (SSSR count). The molecule has 0 spiro atoms. The quantitative estimate of drug-likeness (QED) is 0.717. The minimum absolute atomic E-state index is 0.0675. The summed E-state index contributed by atoms with van der Waals surface area (Å²) in [5.74, 6) is -1.13. The van der Waals surface area contributed by atoms with Crippen LogP contribution in [0.3, 0.4) is 0 Å². The van der Waals surface area contributed by atoms with Gasteiger partial charge in [-0.05, 0) is 22.3 Å². The fourth-order valence-electron chi connectivity index (χ4n) is 4.33. The van der Waals surface area contributed by atoms with Crippen molar-refractivity contribution in [1.29, 1.82) is 0 Å². The maximum atomic E-state index is 12.8. The summed E-state index contributed by atoms with van der Waals surface area (Å²) in [6, 6.07) is 15.2. The lowest BCUT2D eigenvalue weighted by Crippen LogP contribution is -2.49. The van der Waals surface area contributed by atoms with Gasteiger partial charge in [-0.15, -0.1) is 0 Å². The highest BCUT2D eigenvalue weighted by atomic mass is 16.6. The first kappa shape index (κ1) is 17.5. The van der Waals surface area contributed by atoms with E-state index in [1.165, 1.54) is 11.2 Å². The Kier molecular flexibility index (Phi) is 4.08. The third-order valence-corrected chi connectivity index (χ3v) is 5.75. The summed E-state index contributed by atoms with van der Waals surface area (Å²) in [6.45, 7) is 0.300. The van der Waals surface area contributed by atoms with Crippen LogP contribution < -0.4 is 0 Å². The molecule has 1 aliphatic carbocycles. The van der Waals surface area contributed by atoms with Crippen molar-refractivity contribution in [3.63, 3.8) is 0 Å². The highest BCUT2D eigenvalue weighted by Crippen LogP contribution is 2.44. The number of carbonyl (C=O) groups is 2. The number of hydrogen-bond donors (Lipinski definition) is 2. The number of aromatic nitrogens is 2. The minimum atomic E-state index is -1.06. The van der Waals surface area contributed by atoms with Gasteiger partial charge in [0.05, 0.1) is 24.3 Å². The van der Waals surface area contributed by atoms with Crippen LogP contribution in [-0.4, -0.2) is 44.7 Å².